The maximum atomic E-state index is 4.93. The maximum Gasteiger partial charge on any atom is 0.0572 e. The van der Waals surface area contributed by atoms with Gasteiger partial charge in [0.05, 0.1) is 7.11 Å². The number of benzene rings is 2. The highest BCUT2D eigenvalue weighted by atomic mass is 16.6. The Hall–Kier alpha value is -1.84. The van der Waals surface area contributed by atoms with Gasteiger partial charge < -0.3 is 9.40 Å². The first-order chi connectivity index (χ1) is 9.72. The molecule has 20 heavy (non-hydrogen) atoms. The molecule has 1 N–H and O–H groups in total. The fourth-order valence-electron chi connectivity index (χ4n) is 2.87. The quantitative estimate of drug-likeness (QED) is 0.723. The van der Waals surface area contributed by atoms with Crippen molar-refractivity contribution in [2.75, 3.05) is 7.11 Å². The molecule has 0 bridgehead atoms. The molecule has 3 rings (SSSR count). The van der Waals surface area contributed by atoms with Crippen molar-refractivity contribution < 1.29 is 4.84 Å². The molecule has 3 nitrogen and oxygen atoms in total. The minimum atomic E-state index is 0.445. The van der Waals surface area contributed by atoms with E-state index in [-0.39, 0.29) is 0 Å². The van der Waals surface area contributed by atoms with Crippen molar-refractivity contribution in [3.63, 3.8) is 0 Å². The molecule has 3 heteroatoms. The summed E-state index contributed by atoms with van der Waals surface area (Å²) in [5.74, 6) is 0. The molecule has 0 unspecified atom stereocenters. The van der Waals surface area contributed by atoms with Crippen LogP contribution in [-0.4, -0.2) is 11.7 Å². The number of hydrogen-bond acceptors (Lipinski definition) is 2. The molecule has 0 fully saturated rings. The molecule has 0 aliphatic carbocycles. The molecule has 0 amide bonds. The number of nitrogens with zero attached hydrogens (tertiary/aromatic N) is 1. The SMILES string of the molecule is CONCc1ccc2c(c1)c1ccccc1n2C(C)C. The molecule has 0 aliphatic heterocycles. The molecule has 0 aliphatic rings. The maximum absolute atomic E-state index is 4.93. The van der Waals surface area contributed by atoms with E-state index in [1.54, 1.807) is 7.11 Å². The Morgan fingerprint density at radius 3 is 2.55 bits per heavy atom. The lowest BCUT2D eigenvalue weighted by Crippen LogP contribution is -2.10. The van der Waals surface area contributed by atoms with E-state index < -0.39 is 0 Å². The van der Waals surface area contributed by atoms with Gasteiger partial charge in [0.1, 0.15) is 0 Å². The van der Waals surface area contributed by atoms with Gasteiger partial charge in [-0.05, 0) is 37.6 Å². The summed E-state index contributed by atoms with van der Waals surface area (Å²) >= 11 is 0. The van der Waals surface area contributed by atoms with E-state index in [0.29, 0.717) is 12.6 Å². The first-order valence-corrected chi connectivity index (χ1v) is 6.99. The second-order valence-corrected chi connectivity index (χ2v) is 5.36. The third-order valence-corrected chi connectivity index (χ3v) is 3.71. The van der Waals surface area contributed by atoms with Crippen LogP contribution in [0.15, 0.2) is 42.5 Å². The van der Waals surface area contributed by atoms with Crippen LogP contribution in [0.1, 0.15) is 25.5 Å². The van der Waals surface area contributed by atoms with E-state index in [1.807, 2.05) is 0 Å². The Bertz CT molecular complexity index is 743. The Kier molecular flexibility index (Phi) is 3.47. The van der Waals surface area contributed by atoms with Gasteiger partial charge >= 0.3 is 0 Å². The van der Waals surface area contributed by atoms with Crippen LogP contribution < -0.4 is 5.48 Å². The van der Waals surface area contributed by atoms with E-state index in [9.17, 15) is 0 Å². The molecule has 1 aromatic heterocycles. The average molecular weight is 268 g/mol. The first-order valence-electron chi connectivity index (χ1n) is 6.99. The molecule has 0 saturated heterocycles. The highest BCUT2D eigenvalue weighted by Gasteiger charge is 2.12. The van der Waals surface area contributed by atoms with Gasteiger partial charge in [-0.25, -0.2) is 0 Å². The standard InChI is InChI=1S/C17H20N2O/c1-12(2)19-16-7-5-4-6-14(16)15-10-13(11-18-20-3)8-9-17(15)19/h4-10,12,18H,11H2,1-3H3. The summed E-state index contributed by atoms with van der Waals surface area (Å²) in [6, 6.07) is 15.7. The van der Waals surface area contributed by atoms with E-state index in [4.69, 9.17) is 4.84 Å². The van der Waals surface area contributed by atoms with Gasteiger partial charge in [0.25, 0.3) is 0 Å². The predicted molar refractivity (Wildman–Crippen MR) is 83.7 cm³/mol. The summed E-state index contributed by atoms with van der Waals surface area (Å²) in [6.07, 6.45) is 0. The molecular formula is C17H20N2O. The number of para-hydroxylation sites is 1. The van der Waals surface area contributed by atoms with Crippen molar-refractivity contribution in [3.8, 4) is 0 Å². The van der Waals surface area contributed by atoms with Crippen molar-refractivity contribution >= 4 is 21.8 Å². The van der Waals surface area contributed by atoms with E-state index >= 15 is 0 Å². The smallest absolute Gasteiger partial charge is 0.0572 e. The number of fused-ring (bicyclic) bond motifs is 3. The van der Waals surface area contributed by atoms with E-state index in [0.717, 1.165) is 0 Å². The van der Waals surface area contributed by atoms with Crippen LogP contribution in [0.4, 0.5) is 0 Å². The van der Waals surface area contributed by atoms with Crippen LogP contribution >= 0.6 is 0 Å². The Labute approximate surface area is 119 Å². The third kappa shape index (κ3) is 2.09. The second-order valence-electron chi connectivity index (χ2n) is 5.36. The van der Waals surface area contributed by atoms with E-state index in [2.05, 4.69) is 66.4 Å². The highest BCUT2D eigenvalue weighted by Crippen LogP contribution is 2.32. The van der Waals surface area contributed by atoms with Crippen LogP contribution in [0.3, 0.4) is 0 Å². The second kappa shape index (κ2) is 5.27. The van der Waals surface area contributed by atoms with Gasteiger partial charge in [0, 0.05) is 34.4 Å². The Morgan fingerprint density at radius 1 is 1.05 bits per heavy atom. The minimum Gasteiger partial charge on any atom is -0.338 e. The monoisotopic (exact) mass is 268 g/mol. The van der Waals surface area contributed by atoms with Gasteiger partial charge in [-0.3, -0.25) is 0 Å². The summed E-state index contributed by atoms with van der Waals surface area (Å²) in [7, 11) is 1.64. The lowest BCUT2D eigenvalue weighted by molar-refractivity contribution is 0.0867. The average Bonchev–Trinajstić information content (AvgIpc) is 2.79. The number of nitrogens with one attached hydrogen (secondary N) is 1. The van der Waals surface area contributed by atoms with Crippen LogP contribution in [0.2, 0.25) is 0 Å². The Morgan fingerprint density at radius 2 is 1.80 bits per heavy atom. The zero-order chi connectivity index (χ0) is 14.1. The molecular weight excluding hydrogens is 248 g/mol. The van der Waals surface area contributed by atoms with Crippen molar-refractivity contribution in [1.29, 1.82) is 0 Å². The van der Waals surface area contributed by atoms with Gasteiger partial charge in [0.15, 0.2) is 0 Å². The summed E-state index contributed by atoms with van der Waals surface area (Å²) in [5.41, 5.74) is 6.72. The minimum absolute atomic E-state index is 0.445. The number of rotatable bonds is 4. The summed E-state index contributed by atoms with van der Waals surface area (Å²) in [4.78, 5) is 4.93. The fraction of sp³-hybridized carbons (Fsp3) is 0.294. The summed E-state index contributed by atoms with van der Waals surface area (Å²) in [5, 5.41) is 2.63. The van der Waals surface area contributed by atoms with Crippen LogP contribution in [0.25, 0.3) is 21.8 Å². The summed E-state index contributed by atoms with van der Waals surface area (Å²) in [6.45, 7) is 5.17. The molecule has 3 aromatic rings. The lowest BCUT2D eigenvalue weighted by Gasteiger charge is -2.11. The number of hydrogen-bond donors (Lipinski definition) is 1. The van der Waals surface area contributed by atoms with Crippen molar-refractivity contribution in [1.82, 2.24) is 10.0 Å². The molecule has 1 heterocycles. The molecule has 2 aromatic carbocycles. The van der Waals surface area contributed by atoms with Gasteiger partial charge in [-0.15, -0.1) is 0 Å². The lowest BCUT2D eigenvalue weighted by atomic mass is 10.1. The zero-order valence-corrected chi connectivity index (χ0v) is 12.2. The normalized spacial score (nSPS) is 11.8. The molecule has 0 radical (unpaired) electrons. The van der Waals surface area contributed by atoms with Crippen LogP contribution in [0.5, 0.6) is 0 Å². The van der Waals surface area contributed by atoms with Crippen LogP contribution in [-0.2, 0) is 11.4 Å². The largest absolute Gasteiger partial charge is 0.338 e. The van der Waals surface area contributed by atoms with Gasteiger partial charge in [0.2, 0.25) is 0 Å². The summed E-state index contributed by atoms with van der Waals surface area (Å²) < 4.78 is 2.40. The van der Waals surface area contributed by atoms with Gasteiger partial charge in [-0.2, -0.15) is 5.48 Å². The van der Waals surface area contributed by atoms with E-state index in [1.165, 1.54) is 27.4 Å². The predicted octanol–water partition coefficient (Wildman–Crippen LogP) is 4.03. The number of hydroxylamine groups is 1. The zero-order valence-electron chi connectivity index (χ0n) is 12.2. The topological polar surface area (TPSA) is 26.2 Å². The fourth-order valence-corrected chi connectivity index (χ4v) is 2.87. The first kappa shape index (κ1) is 13.2. The molecule has 0 atom stereocenters. The van der Waals surface area contributed by atoms with Gasteiger partial charge in [-0.1, -0.05) is 24.3 Å². The van der Waals surface area contributed by atoms with Crippen molar-refractivity contribution in [2.45, 2.75) is 26.4 Å². The van der Waals surface area contributed by atoms with Crippen LogP contribution in [0, 0.1) is 0 Å². The van der Waals surface area contributed by atoms with Crippen molar-refractivity contribution in [3.05, 3.63) is 48.0 Å². The molecule has 0 saturated carbocycles. The molecule has 104 valence electrons. The van der Waals surface area contributed by atoms with Crippen molar-refractivity contribution in [2.24, 2.45) is 0 Å². The Balaban J connectivity index is 2.26. The number of aromatic nitrogens is 1. The molecule has 0 spiro atoms. The third-order valence-electron chi connectivity index (χ3n) is 3.71. The highest BCUT2D eigenvalue weighted by molar-refractivity contribution is 6.08.